The third kappa shape index (κ3) is 5.48. The molecule has 0 saturated carbocycles. The van der Waals surface area contributed by atoms with Gasteiger partial charge in [-0.25, -0.2) is 4.79 Å². The Bertz CT molecular complexity index is 848. The first-order valence-corrected chi connectivity index (χ1v) is 8.75. The van der Waals surface area contributed by atoms with Crippen LogP contribution in [0.25, 0.3) is 6.08 Å². The van der Waals surface area contributed by atoms with Gasteiger partial charge in [0, 0.05) is 16.1 Å². The maximum Gasteiger partial charge on any atom is 0.352 e. The number of amides is 1. The summed E-state index contributed by atoms with van der Waals surface area (Å²) in [6, 6.07) is 12.9. The van der Waals surface area contributed by atoms with Crippen molar-refractivity contribution in [2.75, 3.05) is 7.11 Å². The van der Waals surface area contributed by atoms with Gasteiger partial charge in [-0.15, -0.1) is 0 Å². The Hall–Kier alpha value is -2.55. The highest BCUT2D eigenvalue weighted by molar-refractivity contribution is 14.1. The summed E-state index contributed by atoms with van der Waals surface area (Å²) >= 11 is 2.25. The Kier molecular flexibility index (Phi) is 7.02. The Morgan fingerprint density at radius 3 is 2.54 bits per heavy atom. The number of hydrogen-bond acceptors (Lipinski definition) is 4. The number of halogens is 1. The molecule has 6 nitrogen and oxygen atoms in total. The van der Waals surface area contributed by atoms with Gasteiger partial charge in [0.05, 0.1) is 7.11 Å². The zero-order valence-corrected chi connectivity index (χ0v) is 16.4. The van der Waals surface area contributed by atoms with E-state index in [4.69, 9.17) is 14.6 Å². The van der Waals surface area contributed by atoms with Gasteiger partial charge < -0.3 is 19.9 Å². The van der Waals surface area contributed by atoms with Crippen LogP contribution in [0.4, 0.5) is 0 Å². The van der Waals surface area contributed by atoms with Crippen LogP contribution in [-0.2, 0) is 16.2 Å². The van der Waals surface area contributed by atoms with Gasteiger partial charge in [-0.2, -0.15) is 0 Å². The third-order valence-corrected chi connectivity index (χ3v) is 4.43. The van der Waals surface area contributed by atoms with Crippen LogP contribution in [0.15, 0.2) is 48.2 Å². The fourth-order valence-electron chi connectivity index (χ4n) is 2.17. The molecule has 0 aromatic heterocycles. The van der Waals surface area contributed by atoms with Crippen LogP contribution in [0.2, 0.25) is 0 Å². The van der Waals surface area contributed by atoms with E-state index in [9.17, 15) is 9.59 Å². The summed E-state index contributed by atoms with van der Waals surface area (Å²) in [5, 5.41) is 11.4. The highest BCUT2D eigenvalue weighted by atomic mass is 127. The number of aliphatic carboxylic acids is 1. The molecule has 0 atom stereocenters. The summed E-state index contributed by atoms with van der Waals surface area (Å²) < 4.78 is 12.3. The van der Waals surface area contributed by atoms with Gasteiger partial charge in [-0.3, -0.25) is 4.79 Å². The molecule has 0 unspecified atom stereocenters. The molecule has 2 N–H and O–H groups in total. The van der Waals surface area contributed by atoms with E-state index in [1.165, 1.54) is 20.1 Å². The molecule has 0 radical (unpaired) electrons. The predicted octanol–water partition coefficient (Wildman–Crippen LogP) is 3.44. The number of carboxylic acids is 1. The van der Waals surface area contributed by atoms with Gasteiger partial charge in [0.1, 0.15) is 12.3 Å². The Balaban J connectivity index is 2.22. The van der Waals surface area contributed by atoms with E-state index < -0.39 is 11.9 Å². The molecule has 2 aromatic carbocycles. The van der Waals surface area contributed by atoms with Crippen LogP contribution < -0.4 is 14.8 Å². The topological polar surface area (TPSA) is 84.9 Å². The normalized spacial score (nSPS) is 11.0. The number of carbonyl (C=O) groups excluding carboxylic acids is 1. The van der Waals surface area contributed by atoms with E-state index in [0.717, 1.165) is 9.13 Å². The number of rotatable bonds is 7. The number of methoxy groups -OCH3 is 1. The largest absolute Gasteiger partial charge is 0.493 e. The van der Waals surface area contributed by atoms with Crippen molar-refractivity contribution in [3.63, 3.8) is 0 Å². The lowest BCUT2D eigenvalue weighted by molar-refractivity contribution is -0.134. The van der Waals surface area contributed by atoms with Gasteiger partial charge in [-0.05, 0) is 52.4 Å². The van der Waals surface area contributed by atoms with Crippen molar-refractivity contribution < 1.29 is 24.2 Å². The SMILES string of the molecule is COc1cc(C=C(NC(C)=O)C(=O)O)ccc1OCc1ccccc1I. The minimum Gasteiger partial charge on any atom is -0.493 e. The van der Waals surface area contributed by atoms with E-state index in [2.05, 4.69) is 27.9 Å². The molecule has 0 spiro atoms. The van der Waals surface area contributed by atoms with Crippen molar-refractivity contribution in [1.82, 2.24) is 5.32 Å². The molecule has 0 saturated heterocycles. The molecule has 0 bridgehead atoms. The fourth-order valence-corrected chi connectivity index (χ4v) is 2.71. The van der Waals surface area contributed by atoms with Crippen LogP contribution >= 0.6 is 22.6 Å². The summed E-state index contributed by atoms with van der Waals surface area (Å²) in [6.07, 6.45) is 1.36. The zero-order chi connectivity index (χ0) is 19.1. The highest BCUT2D eigenvalue weighted by Crippen LogP contribution is 2.30. The van der Waals surface area contributed by atoms with Crippen molar-refractivity contribution in [2.24, 2.45) is 0 Å². The van der Waals surface area contributed by atoms with E-state index >= 15 is 0 Å². The smallest absolute Gasteiger partial charge is 0.352 e. The van der Waals surface area contributed by atoms with Crippen LogP contribution in [0.1, 0.15) is 18.1 Å². The van der Waals surface area contributed by atoms with Gasteiger partial charge >= 0.3 is 5.97 Å². The predicted molar refractivity (Wildman–Crippen MR) is 106 cm³/mol. The van der Waals surface area contributed by atoms with Gasteiger partial charge in [0.2, 0.25) is 5.91 Å². The molecule has 0 aliphatic rings. The summed E-state index contributed by atoms with van der Waals surface area (Å²) in [5.74, 6) is -0.667. The molecule has 0 heterocycles. The number of ether oxygens (including phenoxy) is 2. The summed E-state index contributed by atoms with van der Waals surface area (Å²) in [4.78, 5) is 22.3. The zero-order valence-electron chi connectivity index (χ0n) is 14.3. The van der Waals surface area contributed by atoms with Crippen LogP contribution in [-0.4, -0.2) is 24.1 Å². The molecule has 1 amide bonds. The molecule has 2 rings (SSSR count). The lowest BCUT2D eigenvalue weighted by atomic mass is 10.1. The molecule has 2 aromatic rings. The molecule has 0 fully saturated rings. The number of carbonyl (C=O) groups is 2. The van der Waals surface area contributed by atoms with E-state index in [1.54, 1.807) is 18.2 Å². The maximum atomic E-state index is 11.2. The third-order valence-electron chi connectivity index (χ3n) is 3.38. The second-order valence-electron chi connectivity index (χ2n) is 5.33. The van der Waals surface area contributed by atoms with Gasteiger partial charge in [-0.1, -0.05) is 24.3 Å². The monoisotopic (exact) mass is 467 g/mol. The molecule has 7 heteroatoms. The molecule has 26 heavy (non-hydrogen) atoms. The Labute approximate surface area is 165 Å². The Morgan fingerprint density at radius 2 is 1.92 bits per heavy atom. The molecular weight excluding hydrogens is 449 g/mol. The van der Waals surface area contributed by atoms with Crippen molar-refractivity contribution in [2.45, 2.75) is 13.5 Å². The molecule has 0 aliphatic heterocycles. The molecule has 0 aliphatic carbocycles. The molecule has 136 valence electrons. The van der Waals surface area contributed by atoms with Gasteiger partial charge in [0.15, 0.2) is 11.5 Å². The summed E-state index contributed by atoms with van der Waals surface area (Å²) in [6.45, 7) is 1.64. The number of carboxylic acid groups (broad SMARTS) is 1. The van der Waals surface area contributed by atoms with Crippen LogP contribution in [0.5, 0.6) is 11.5 Å². The fraction of sp³-hybridized carbons (Fsp3) is 0.158. The van der Waals surface area contributed by atoms with Crippen LogP contribution in [0.3, 0.4) is 0 Å². The lowest BCUT2D eigenvalue weighted by Crippen LogP contribution is -2.24. The number of benzene rings is 2. The van der Waals surface area contributed by atoms with Crippen LogP contribution in [0, 0.1) is 3.57 Å². The minimum atomic E-state index is -1.22. The number of nitrogens with one attached hydrogen (secondary N) is 1. The highest BCUT2D eigenvalue weighted by Gasteiger charge is 2.11. The number of hydrogen-bond donors (Lipinski definition) is 2. The minimum absolute atomic E-state index is 0.216. The van der Waals surface area contributed by atoms with E-state index in [1.807, 2.05) is 24.3 Å². The lowest BCUT2D eigenvalue weighted by Gasteiger charge is -2.12. The Morgan fingerprint density at radius 1 is 1.19 bits per heavy atom. The van der Waals surface area contributed by atoms with Crippen molar-refractivity contribution in [3.8, 4) is 11.5 Å². The quantitative estimate of drug-likeness (QED) is 0.482. The first-order valence-electron chi connectivity index (χ1n) is 7.67. The summed E-state index contributed by atoms with van der Waals surface area (Å²) in [7, 11) is 1.51. The second kappa shape index (κ2) is 9.23. The van der Waals surface area contributed by atoms with Gasteiger partial charge in [0.25, 0.3) is 0 Å². The van der Waals surface area contributed by atoms with Crippen molar-refractivity contribution in [3.05, 3.63) is 62.9 Å². The van der Waals surface area contributed by atoms with E-state index in [0.29, 0.717) is 23.7 Å². The summed E-state index contributed by atoms with van der Waals surface area (Å²) in [5.41, 5.74) is 1.40. The first-order chi connectivity index (χ1) is 12.4. The maximum absolute atomic E-state index is 11.2. The molecular formula is C19H18INO5. The van der Waals surface area contributed by atoms with Crippen molar-refractivity contribution in [1.29, 1.82) is 0 Å². The second-order valence-corrected chi connectivity index (χ2v) is 6.50. The average Bonchev–Trinajstić information content (AvgIpc) is 2.60. The first kappa shape index (κ1) is 19.8. The van der Waals surface area contributed by atoms with Crippen molar-refractivity contribution >= 4 is 40.5 Å². The standard InChI is InChI=1S/C19H18INO5/c1-12(22)21-16(19(23)24)9-13-7-8-17(18(10-13)25-2)26-11-14-5-3-4-6-15(14)20/h3-10H,11H2,1-2H3,(H,21,22)(H,23,24). The average molecular weight is 467 g/mol. The van der Waals surface area contributed by atoms with E-state index in [-0.39, 0.29) is 5.70 Å².